The van der Waals surface area contributed by atoms with Crippen LogP contribution < -0.4 is 4.90 Å². The Kier molecular flexibility index (Phi) is 3.50. The fourth-order valence-electron chi connectivity index (χ4n) is 3.13. The van der Waals surface area contributed by atoms with Crippen molar-refractivity contribution >= 4 is 16.7 Å². The molecule has 0 atom stereocenters. The zero-order valence-electron chi connectivity index (χ0n) is 13.0. The second kappa shape index (κ2) is 5.66. The number of imidazole rings is 1. The average molecular weight is 311 g/mol. The molecule has 1 aliphatic rings. The van der Waals surface area contributed by atoms with Crippen LogP contribution in [0.2, 0.25) is 0 Å². The van der Waals surface area contributed by atoms with E-state index >= 15 is 0 Å². The summed E-state index contributed by atoms with van der Waals surface area (Å²) >= 11 is 0. The standard InChI is InChI=1S/C18H18FN3O/c1-13-20-17-7-2-14(19)12-18(17)22(13)16-5-3-15(4-6-16)21-8-10-23-11-9-21/h2-7,12H,8-11H2,1H3. The van der Waals surface area contributed by atoms with Gasteiger partial charge in [0.25, 0.3) is 0 Å². The van der Waals surface area contributed by atoms with Crippen molar-refractivity contribution in [3.8, 4) is 5.69 Å². The first-order chi connectivity index (χ1) is 11.2. The van der Waals surface area contributed by atoms with E-state index in [4.69, 9.17) is 4.74 Å². The predicted octanol–water partition coefficient (Wildman–Crippen LogP) is 3.31. The fraction of sp³-hybridized carbons (Fsp3) is 0.278. The molecule has 2 heterocycles. The summed E-state index contributed by atoms with van der Waals surface area (Å²) in [6, 6.07) is 13.0. The Bertz CT molecular complexity index is 835. The van der Waals surface area contributed by atoms with E-state index in [9.17, 15) is 4.39 Å². The molecule has 0 radical (unpaired) electrons. The number of morpholine rings is 1. The number of ether oxygens (including phenoxy) is 1. The van der Waals surface area contributed by atoms with Crippen LogP contribution in [0.1, 0.15) is 5.82 Å². The fourth-order valence-corrected chi connectivity index (χ4v) is 3.13. The molecule has 4 nitrogen and oxygen atoms in total. The molecule has 1 aliphatic heterocycles. The lowest BCUT2D eigenvalue weighted by atomic mass is 10.2. The highest BCUT2D eigenvalue weighted by Crippen LogP contribution is 2.24. The Labute approximate surface area is 134 Å². The number of rotatable bonds is 2. The van der Waals surface area contributed by atoms with Gasteiger partial charge in [-0.2, -0.15) is 0 Å². The minimum Gasteiger partial charge on any atom is -0.378 e. The number of nitrogens with zero attached hydrogens (tertiary/aromatic N) is 3. The summed E-state index contributed by atoms with van der Waals surface area (Å²) in [5.41, 5.74) is 3.78. The number of halogens is 1. The largest absolute Gasteiger partial charge is 0.378 e. The van der Waals surface area contributed by atoms with E-state index in [0.29, 0.717) is 0 Å². The van der Waals surface area contributed by atoms with Crippen LogP contribution in [0.4, 0.5) is 10.1 Å². The molecule has 1 fully saturated rings. The minimum absolute atomic E-state index is 0.247. The first-order valence-corrected chi connectivity index (χ1v) is 7.80. The zero-order chi connectivity index (χ0) is 15.8. The van der Waals surface area contributed by atoms with Gasteiger partial charge in [-0.1, -0.05) is 0 Å². The van der Waals surface area contributed by atoms with E-state index in [1.54, 1.807) is 6.07 Å². The smallest absolute Gasteiger partial charge is 0.125 e. The maximum absolute atomic E-state index is 13.6. The summed E-state index contributed by atoms with van der Waals surface area (Å²) < 4.78 is 21.0. The number of hydrogen-bond acceptors (Lipinski definition) is 3. The predicted molar refractivity (Wildman–Crippen MR) is 88.8 cm³/mol. The zero-order valence-corrected chi connectivity index (χ0v) is 13.0. The molecule has 23 heavy (non-hydrogen) atoms. The van der Waals surface area contributed by atoms with Crippen LogP contribution in [0.5, 0.6) is 0 Å². The molecule has 0 spiro atoms. The van der Waals surface area contributed by atoms with E-state index in [1.807, 2.05) is 11.5 Å². The lowest BCUT2D eigenvalue weighted by Crippen LogP contribution is -2.36. The number of aromatic nitrogens is 2. The van der Waals surface area contributed by atoms with Crippen LogP contribution in [0.15, 0.2) is 42.5 Å². The summed E-state index contributed by atoms with van der Waals surface area (Å²) in [5, 5.41) is 0. The maximum Gasteiger partial charge on any atom is 0.125 e. The molecule has 5 heteroatoms. The summed E-state index contributed by atoms with van der Waals surface area (Å²) in [4.78, 5) is 6.82. The van der Waals surface area contributed by atoms with Gasteiger partial charge in [-0.25, -0.2) is 9.37 Å². The molecule has 0 bridgehead atoms. The normalized spacial score (nSPS) is 15.3. The van der Waals surface area contributed by atoms with Crippen LogP contribution in [-0.2, 0) is 4.74 Å². The van der Waals surface area contributed by atoms with E-state index in [1.165, 1.54) is 17.8 Å². The first-order valence-electron chi connectivity index (χ1n) is 7.80. The Balaban J connectivity index is 1.73. The molecule has 0 unspecified atom stereocenters. The third-order valence-corrected chi connectivity index (χ3v) is 4.27. The van der Waals surface area contributed by atoms with Gasteiger partial charge in [-0.05, 0) is 43.3 Å². The molecule has 4 rings (SSSR count). The van der Waals surface area contributed by atoms with Crippen molar-refractivity contribution in [3.63, 3.8) is 0 Å². The Morgan fingerprint density at radius 3 is 2.43 bits per heavy atom. The van der Waals surface area contributed by atoms with Gasteiger partial charge in [0.05, 0.1) is 24.2 Å². The Hall–Kier alpha value is -2.40. The highest BCUT2D eigenvalue weighted by atomic mass is 19.1. The molecule has 0 amide bonds. The number of hydrogen-bond donors (Lipinski definition) is 0. The van der Waals surface area contributed by atoms with Crippen molar-refractivity contribution in [1.29, 1.82) is 0 Å². The number of benzene rings is 2. The van der Waals surface area contributed by atoms with Crippen LogP contribution >= 0.6 is 0 Å². The number of aryl methyl sites for hydroxylation is 1. The highest BCUT2D eigenvalue weighted by molar-refractivity contribution is 5.78. The lowest BCUT2D eigenvalue weighted by Gasteiger charge is -2.29. The third-order valence-electron chi connectivity index (χ3n) is 4.27. The van der Waals surface area contributed by atoms with E-state index in [-0.39, 0.29) is 5.82 Å². The molecular formula is C18H18FN3O. The average Bonchev–Trinajstić information content (AvgIpc) is 2.91. The molecule has 0 aliphatic carbocycles. The summed E-state index contributed by atoms with van der Waals surface area (Å²) in [6.45, 7) is 5.31. The van der Waals surface area contributed by atoms with Gasteiger partial charge >= 0.3 is 0 Å². The monoisotopic (exact) mass is 311 g/mol. The second-order valence-corrected chi connectivity index (χ2v) is 5.74. The molecule has 1 saturated heterocycles. The van der Waals surface area contributed by atoms with Gasteiger partial charge in [0, 0.05) is 30.5 Å². The van der Waals surface area contributed by atoms with E-state index < -0.39 is 0 Å². The molecule has 118 valence electrons. The van der Waals surface area contributed by atoms with Crippen molar-refractivity contribution in [2.75, 3.05) is 31.2 Å². The van der Waals surface area contributed by atoms with Gasteiger partial charge in [0.1, 0.15) is 11.6 Å². The number of anilines is 1. The second-order valence-electron chi connectivity index (χ2n) is 5.74. The van der Waals surface area contributed by atoms with Crippen LogP contribution in [0.3, 0.4) is 0 Å². The summed E-state index contributed by atoms with van der Waals surface area (Å²) in [7, 11) is 0. The van der Waals surface area contributed by atoms with Crippen LogP contribution in [0, 0.1) is 12.7 Å². The molecule has 0 saturated carbocycles. The van der Waals surface area contributed by atoms with Gasteiger partial charge in [0.2, 0.25) is 0 Å². The number of fused-ring (bicyclic) bond motifs is 1. The van der Waals surface area contributed by atoms with E-state index in [0.717, 1.165) is 48.8 Å². The van der Waals surface area contributed by atoms with Crippen molar-refractivity contribution in [1.82, 2.24) is 9.55 Å². The van der Waals surface area contributed by atoms with Crippen molar-refractivity contribution in [3.05, 3.63) is 54.1 Å². The quantitative estimate of drug-likeness (QED) is 0.727. The Morgan fingerprint density at radius 1 is 1.00 bits per heavy atom. The molecule has 3 aromatic rings. The summed E-state index contributed by atoms with van der Waals surface area (Å²) in [6.07, 6.45) is 0. The third kappa shape index (κ3) is 2.57. The van der Waals surface area contributed by atoms with Crippen LogP contribution in [-0.4, -0.2) is 35.9 Å². The van der Waals surface area contributed by atoms with Gasteiger partial charge < -0.3 is 9.64 Å². The SMILES string of the molecule is Cc1nc2ccc(F)cc2n1-c1ccc(N2CCOCC2)cc1. The molecule has 0 N–H and O–H groups in total. The minimum atomic E-state index is -0.247. The summed E-state index contributed by atoms with van der Waals surface area (Å²) in [5.74, 6) is 0.605. The topological polar surface area (TPSA) is 30.3 Å². The Morgan fingerprint density at radius 2 is 1.70 bits per heavy atom. The molecule has 2 aromatic carbocycles. The lowest BCUT2D eigenvalue weighted by molar-refractivity contribution is 0.122. The van der Waals surface area contributed by atoms with Crippen molar-refractivity contribution in [2.45, 2.75) is 6.92 Å². The van der Waals surface area contributed by atoms with Crippen molar-refractivity contribution < 1.29 is 9.13 Å². The van der Waals surface area contributed by atoms with Gasteiger partial charge in [0.15, 0.2) is 0 Å². The molecule has 1 aromatic heterocycles. The first kappa shape index (κ1) is 14.2. The maximum atomic E-state index is 13.6. The van der Waals surface area contributed by atoms with Crippen LogP contribution in [0.25, 0.3) is 16.7 Å². The van der Waals surface area contributed by atoms with E-state index in [2.05, 4.69) is 34.1 Å². The van der Waals surface area contributed by atoms with Crippen molar-refractivity contribution in [2.24, 2.45) is 0 Å². The van der Waals surface area contributed by atoms with Gasteiger partial charge in [-0.3, -0.25) is 4.57 Å². The molecular weight excluding hydrogens is 293 g/mol. The van der Waals surface area contributed by atoms with Gasteiger partial charge in [-0.15, -0.1) is 0 Å². The highest BCUT2D eigenvalue weighted by Gasteiger charge is 2.13.